The van der Waals surface area contributed by atoms with Crippen LogP contribution in [0.4, 0.5) is 0 Å². The lowest BCUT2D eigenvalue weighted by Crippen LogP contribution is -2.37. The fourth-order valence-electron chi connectivity index (χ4n) is 0.776. The minimum atomic E-state index is -3.96. The van der Waals surface area contributed by atoms with Crippen LogP contribution in [0.25, 0.3) is 0 Å². The van der Waals surface area contributed by atoms with Gasteiger partial charge in [-0.2, -0.15) is 12.7 Å². The minimum Gasteiger partial charge on any atom is -0.395 e. The molecular formula is C6H15NO6S. The van der Waals surface area contributed by atoms with Gasteiger partial charge in [0.15, 0.2) is 0 Å². The number of rotatable bonds is 8. The average Bonchev–Trinajstić information content (AvgIpc) is 2.14. The van der Waals surface area contributed by atoms with Crippen molar-refractivity contribution < 1.29 is 27.9 Å². The highest BCUT2D eigenvalue weighted by Gasteiger charge is 2.21. The van der Waals surface area contributed by atoms with Crippen LogP contribution in [0.3, 0.4) is 0 Å². The van der Waals surface area contributed by atoms with E-state index in [4.69, 9.17) is 15.3 Å². The van der Waals surface area contributed by atoms with Crippen molar-refractivity contribution in [3.63, 3.8) is 0 Å². The molecule has 8 heteroatoms. The van der Waals surface area contributed by atoms with Gasteiger partial charge in [-0.05, 0) is 0 Å². The molecule has 14 heavy (non-hydrogen) atoms. The fraction of sp³-hybridized carbons (Fsp3) is 1.00. The Hall–Kier alpha value is -0.250. The minimum absolute atomic E-state index is 0.145. The summed E-state index contributed by atoms with van der Waals surface area (Å²) in [6, 6.07) is 0. The van der Waals surface area contributed by atoms with Gasteiger partial charge in [0.25, 0.3) is 0 Å². The van der Waals surface area contributed by atoms with E-state index in [1.54, 1.807) is 0 Å². The summed E-state index contributed by atoms with van der Waals surface area (Å²) in [7, 11) is -3.96. The summed E-state index contributed by atoms with van der Waals surface area (Å²) in [5, 5.41) is 25.5. The molecule has 0 aliphatic carbocycles. The third-order valence-corrected chi connectivity index (χ3v) is 2.80. The van der Waals surface area contributed by atoms with Crippen molar-refractivity contribution in [1.82, 2.24) is 4.31 Å². The Morgan fingerprint density at radius 2 is 1.50 bits per heavy atom. The van der Waals surface area contributed by atoms with Gasteiger partial charge >= 0.3 is 10.3 Å². The lowest BCUT2D eigenvalue weighted by molar-refractivity contribution is 0.171. The zero-order valence-corrected chi connectivity index (χ0v) is 8.48. The van der Waals surface area contributed by atoms with Crippen LogP contribution in [0.5, 0.6) is 0 Å². The molecule has 0 saturated heterocycles. The zero-order chi connectivity index (χ0) is 11.0. The van der Waals surface area contributed by atoms with Crippen LogP contribution in [-0.4, -0.2) is 67.6 Å². The van der Waals surface area contributed by atoms with E-state index in [1.165, 1.54) is 0 Å². The van der Waals surface area contributed by atoms with Gasteiger partial charge < -0.3 is 15.3 Å². The highest BCUT2D eigenvalue weighted by Crippen LogP contribution is 2.01. The monoisotopic (exact) mass is 229 g/mol. The molecule has 0 rings (SSSR count). The first-order valence-electron chi connectivity index (χ1n) is 4.05. The summed E-state index contributed by atoms with van der Waals surface area (Å²) in [5.74, 6) is 0. The summed E-state index contributed by atoms with van der Waals surface area (Å²) in [6.45, 7) is -1.76. The maximum Gasteiger partial charge on any atom is 0.338 e. The Balaban J connectivity index is 4.29. The van der Waals surface area contributed by atoms with Crippen LogP contribution >= 0.6 is 0 Å². The Bertz CT molecular complexity index is 222. The van der Waals surface area contributed by atoms with E-state index in [-0.39, 0.29) is 32.9 Å². The van der Waals surface area contributed by atoms with Crippen molar-refractivity contribution in [3.05, 3.63) is 0 Å². The molecule has 0 aromatic rings. The number of hydrogen-bond donors (Lipinski definition) is 3. The highest BCUT2D eigenvalue weighted by molar-refractivity contribution is 7.84. The van der Waals surface area contributed by atoms with Gasteiger partial charge in [-0.15, -0.1) is 0 Å². The zero-order valence-electron chi connectivity index (χ0n) is 7.66. The fourth-order valence-corrected chi connectivity index (χ4v) is 1.82. The maximum atomic E-state index is 11.2. The second-order valence-corrected chi connectivity index (χ2v) is 3.96. The van der Waals surface area contributed by atoms with Crippen LogP contribution in [-0.2, 0) is 14.5 Å². The third kappa shape index (κ3) is 4.84. The molecule has 0 amide bonds. The smallest absolute Gasteiger partial charge is 0.338 e. The lowest BCUT2D eigenvalue weighted by Gasteiger charge is -2.18. The van der Waals surface area contributed by atoms with Gasteiger partial charge in [0.05, 0.1) is 26.4 Å². The standard InChI is InChI=1S/C6H15NO6S/c8-3-1-7(2-4-9)14(11,12)13-6-5-10/h8-10H,1-6H2. The van der Waals surface area contributed by atoms with Gasteiger partial charge in [0, 0.05) is 13.1 Å². The summed E-state index contributed by atoms with van der Waals surface area (Å²) in [6.07, 6.45) is 0. The van der Waals surface area contributed by atoms with E-state index < -0.39 is 16.9 Å². The molecule has 7 nitrogen and oxygen atoms in total. The van der Waals surface area contributed by atoms with Crippen LogP contribution in [0, 0.1) is 0 Å². The van der Waals surface area contributed by atoms with Gasteiger partial charge in [-0.1, -0.05) is 0 Å². The first-order valence-corrected chi connectivity index (χ1v) is 5.42. The van der Waals surface area contributed by atoms with Gasteiger partial charge in [0.1, 0.15) is 0 Å². The molecule has 0 spiro atoms. The summed E-state index contributed by atoms with van der Waals surface area (Å²) < 4.78 is 27.6. The molecule has 0 aromatic heterocycles. The molecule has 0 saturated carbocycles. The van der Waals surface area contributed by atoms with Crippen LogP contribution in [0.2, 0.25) is 0 Å². The number of nitrogens with zero attached hydrogens (tertiary/aromatic N) is 1. The number of hydrogen-bond acceptors (Lipinski definition) is 6. The maximum absolute atomic E-state index is 11.2. The molecule has 0 aliphatic rings. The largest absolute Gasteiger partial charge is 0.395 e. The van der Waals surface area contributed by atoms with E-state index in [9.17, 15) is 8.42 Å². The molecule has 0 fully saturated rings. The van der Waals surface area contributed by atoms with Crippen LogP contribution in [0.15, 0.2) is 0 Å². The molecule has 0 unspecified atom stereocenters. The second-order valence-electron chi connectivity index (χ2n) is 2.35. The molecular weight excluding hydrogens is 214 g/mol. The Kier molecular flexibility index (Phi) is 6.97. The van der Waals surface area contributed by atoms with Gasteiger partial charge in [-0.3, -0.25) is 4.18 Å². The van der Waals surface area contributed by atoms with Crippen molar-refractivity contribution in [2.24, 2.45) is 0 Å². The molecule has 0 aromatic carbocycles. The molecule has 0 atom stereocenters. The molecule has 86 valence electrons. The molecule has 0 aliphatic heterocycles. The predicted octanol–water partition coefficient (Wildman–Crippen LogP) is -2.47. The average molecular weight is 229 g/mol. The van der Waals surface area contributed by atoms with E-state index >= 15 is 0 Å². The predicted molar refractivity (Wildman–Crippen MR) is 47.7 cm³/mol. The molecule has 0 bridgehead atoms. The van der Waals surface area contributed by atoms with Crippen LogP contribution in [0.1, 0.15) is 0 Å². The highest BCUT2D eigenvalue weighted by atomic mass is 32.2. The number of aliphatic hydroxyl groups is 3. The Labute approximate surface area is 82.8 Å². The van der Waals surface area contributed by atoms with Crippen molar-refractivity contribution in [1.29, 1.82) is 0 Å². The quantitative estimate of drug-likeness (QED) is 0.425. The Morgan fingerprint density at radius 3 is 1.86 bits per heavy atom. The van der Waals surface area contributed by atoms with E-state index in [1.807, 2.05) is 0 Å². The van der Waals surface area contributed by atoms with Crippen molar-refractivity contribution in [2.75, 3.05) is 39.5 Å². The van der Waals surface area contributed by atoms with E-state index in [0.717, 1.165) is 4.31 Å². The first-order chi connectivity index (χ1) is 6.58. The molecule has 0 heterocycles. The normalized spacial score (nSPS) is 12.3. The summed E-state index contributed by atoms with van der Waals surface area (Å²) in [4.78, 5) is 0. The molecule has 0 radical (unpaired) electrons. The van der Waals surface area contributed by atoms with E-state index in [0.29, 0.717) is 0 Å². The SMILES string of the molecule is O=S(=O)(OCCO)N(CCO)CCO. The topological polar surface area (TPSA) is 107 Å². The van der Waals surface area contributed by atoms with Crippen molar-refractivity contribution in [2.45, 2.75) is 0 Å². The third-order valence-electron chi connectivity index (χ3n) is 1.34. The van der Waals surface area contributed by atoms with Crippen molar-refractivity contribution >= 4 is 10.3 Å². The van der Waals surface area contributed by atoms with Crippen LogP contribution < -0.4 is 0 Å². The molecule has 3 N–H and O–H groups in total. The second kappa shape index (κ2) is 7.10. The van der Waals surface area contributed by atoms with Gasteiger partial charge in [0.2, 0.25) is 0 Å². The number of aliphatic hydroxyl groups excluding tert-OH is 3. The van der Waals surface area contributed by atoms with E-state index in [2.05, 4.69) is 4.18 Å². The summed E-state index contributed by atoms with van der Waals surface area (Å²) >= 11 is 0. The van der Waals surface area contributed by atoms with Gasteiger partial charge in [-0.25, -0.2) is 0 Å². The summed E-state index contributed by atoms with van der Waals surface area (Å²) in [5.41, 5.74) is 0. The lowest BCUT2D eigenvalue weighted by atomic mass is 10.6. The first kappa shape index (κ1) is 13.8. The Morgan fingerprint density at radius 1 is 1.00 bits per heavy atom. The van der Waals surface area contributed by atoms with Crippen molar-refractivity contribution in [3.8, 4) is 0 Å².